The van der Waals surface area contributed by atoms with Crippen LogP contribution < -0.4 is 9.64 Å². The summed E-state index contributed by atoms with van der Waals surface area (Å²) < 4.78 is 5.59. The summed E-state index contributed by atoms with van der Waals surface area (Å²) in [6.45, 7) is 7.23. The van der Waals surface area contributed by atoms with Crippen LogP contribution in [0.1, 0.15) is 60.8 Å². The van der Waals surface area contributed by atoms with Crippen LogP contribution in [0, 0.1) is 6.92 Å². The number of fused-ring (bicyclic) bond motifs is 1. The Hall–Kier alpha value is -2.67. The lowest BCUT2D eigenvalue weighted by Crippen LogP contribution is -2.39. The minimum atomic E-state index is -0.0147. The van der Waals surface area contributed by atoms with Gasteiger partial charge in [-0.15, -0.1) is 0 Å². The smallest absolute Gasteiger partial charge is 0.237 e. The monoisotopic (exact) mass is 449 g/mol. The van der Waals surface area contributed by atoms with E-state index in [1.54, 1.807) is 7.11 Å². The van der Waals surface area contributed by atoms with E-state index < -0.39 is 0 Å². The molecule has 4 heterocycles. The van der Waals surface area contributed by atoms with Crippen molar-refractivity contribution in [3.8, 4) is 5.75 Å². The molecular weight excluding hydrogens is 414 g/mol. The zero-order valence-electron chi connectivity index (χ0n) is 19.9. The lowest BCUT2D eigenvalue weighted by atomic mass is 10.0. The molecule has 2 saturated heterocycles. The van der Waals surface area contributed by atoms with Gasteiger partial charge in [0, 0.05) is 36.5 Å². The molecule has 3 aliphatic rings. The predicted octanol–water partition coefficient (Wildman–Crippen LogP) is 3.51. The molecule has 0 aliphatic carbocycles. The lowest BCUT2D eigenvalue weighted by molar-refractivity contribution is -0.133. The fraction of sp³-hybridized carbons (Fsp3) is 0.577. The Kier molecular flexibility index (Phi) is 6.49. The number of nitrogens with zero attached hydrogens (tertiary/aromatic N) is 5. The molecular formula is C26H35N5O2. The second-order valence-corrected chi connectivity index (χ2v) is 9.53. The van der Waals surface area contributed by atoms with Crippen LogP contribution in [0.4, 0.5) is 5.82 Å². The van der Waals surface area contributed by atoms with E-state index >= 15 is 0 Å². The van der Waals surface area contributed by atoms with Gasteiger partial charge >= 0.3 is 0 Å². The zero-order valence-corrected chi connectivity index (χ0v) is 19.9. The molecule has 5 rings (SSSR count). The first kappa shape index (κ1) is 22.1. The number of hydrogen-bond donors (Lipinski definition) is 0. The second kappa shape index (κ2) is 9.67. The van der Waals surface area contributed by atoms with Crippen molar-refractivity contribution in [3.63, 3.8) is 0 Å². The van der Waals surface area contributed by atoms with E-state index in [-0.39, 0.29) is 11.9 Å². The molecule has 0 N–H and O–H groups in total. The minimum absolute atomic E-state index is 0.0147. The van der Waals surface area contributed by atoms with E-state index in [4.69, 9.17) is 14.7 Å². The fourth-order valence-electron chi connectivity index (χ4n) is 5.61. The largest absolute Gasteiger partial charge is 0.496 e. The van der Waals surface area contributed by atoms with Crippen LogP contribution in [0.2, 0.25) is 0 Å². The van der Waals surface area contributed by atoms with Crippen LogP contribution in [-0.4, -0.2) is 65.5 Å². The standard InChI is InChI=1S/C26H35N5O2/c1-19-21-10-7-15-30(17-20-9-3-4-12-23(20)33-2)26(21)28-25(27-19)22-11-8-16-31(22)24(32)18-29-13-5-6-14-29/h3-4,9,12,22H,5-8,10-11,13-18H2,1-2H3/t22-/m1/s1. The summed E-state index contributed by atoms with van der Waals surface area (Å²) in [6.07, 6.45) is 6.46. The Morgan fingerprint density at radius 1 is 1.06 bits per heavy atom. The van der Waals surface area contributed by atoms with E-state index in [0.717, 1.165) is 87.1 Å². The maximum atomic E-state index is 13.1. The number of likely N-dealkylation sites (tertiary alicyclic amines) is 2. The summed E-state index contributed by atoms with van der Waals surface area (Å²) in [5.74, 6) is 2.98. The number of hydrogen-bond acceptors (Lipinski definition) is 6. The van der Waals surface area contributed by atoms with Crippen LogP contribution in [-0.2, 0) is 17.8 Å². The van der Waals surface area contributed by atoms with E-state index in [1.165, 1.54) is 18.4 Å². The molecule has 1 atom stereocenters. The predicted molar refractivity (Wildman–Crippen MR) is 128 cm³/mol. The average molecular weight is 450 g/mol. The van der Waals surface area contributed by atoms with Crippen molar-refractivity contribution in [2.45, 2.75) is 58.0 Å². The topological polar surface area (TPSA) is 61.8 Å². The Morgan fingerprint density at radius 3 is 2.70 bits per heavy atom. The van der Waals surface area contributed by atoms with Gasteiger partial charge in [0.1, 0.15) is 11.6 Å². The number of rotatable bonds is 6. The maximum absolute atomic E-state index is 13.1. The van der Waals surface area contributed by atoms with Crippen LogP contribution in [0.25, 0.3) is 0 Å². The molecule has 0 unspecified atom stereocenters. The Balaban J connectivity index is 1.41. The number of carbonyl (C=O) groups excluding carboxylic acids is 1. The van der Waals surface area contributed by atoms with Crippen molar-refractivity contribution in [3.05, 3.63) is 46.9 Å². The summed E-state index contributed by atoms with van der Waals surface area (Å²) in [5, 5.41) is 0. The molecule has 1 aromatic carbocycles. The Labute approximate surface area is 196 Å². The molecule has 0 bridgehead atoms. The Morgan fingerprint density at radius 2 is 1.88 bits per heavy atom. The highest BCUT2D eigenvalue weighted by molar-refractivity contribution is 5.79. The quantitative estimate of drug-likeness (QED) is 0.673. The van der Waals surface area contributed by atoms with Gasteiger partial charge in [-0.1, -0.05) is 18.2 Å². The first-order chi connectivity index (χ1) is 16.1. The van der Waals surface area contributed by atoms with Crippen molar-refractivity contribution in [1.29, 1.82) is 0 Å². The van der Waals surface area contributed by atoms with Crippen LogP contribution in [0.3, 0.4) is 0 Å². The molecule has 2 aromatic rings. The third kappa shape index (κ3) is 4.56. The Bertz CT molecular complexity index is 1000. The molecule has 33 heavy (non-hydrogen) atoms. The summed E-state index contributed by atoms with van der Waals surface area (Å²) in [6, 6.07) is 8.18. The van der Waals surface area contributed by atoms with Crippen molar-refractivity contribution in [2.75, 3.05) is 44.7 Å². The number of amides is 1. The van der Waals surface area contributed by atoms with Gasteiger partial charge < -0.3 is 14.5 Å². The number of anilines is 1. The average Bonchev–Trinajstić information content (AvgIpc) is 3.52. The summed E-state index contributed by atoms with van der Waals surface area (Å²) >= 11 is 0. The number of carbonyl (C=O) groups is 1. The molecule has 0 radical (unpaired) electrons. The first-order valence-electron chi connectivity index (χ1n) is 12.4. The molecule has 0 saturated carbocycles. The number of benzene rings is 1. The summed E-state index contributed by atoms with van der Waals surface area (Å²) in [7, 11) is 1.72. The fourth-order valence-corrected chi connectivity index (χ4v) is 5.61. The third-order valence-electron chi connectivity index (χ3n) is 7.35. The van der Waals surface area contributed by atoms with Crippen LogP contribution >= 0.6 is 0 Å². The molecule has 176 valence electrons. The van der Waals surface area contributed by atoms with Gasteiger partial charge in [0.2, 0.25) is 5.91 Å². The van der Waals surface area contributed by atoms with E-state index in [1.807, 2.05) is 17.0 Å². The lowest BCUT2D eigenvalue weighted by Gasteiger charge is -2.33. The van der Waals surface area contributed by atoms with Gasteiger partial charge in [-0.3, -0.25) is 9.69 Å². The van der Waals surface area contributed by atoms with Gasteiger partial charge in [0.15, 0.2) is 5.82 Å². The minimum Gasteiger partial charge on any atom is -0.496 e. The molecule has 7 heteroatoms. The molecule has 2 fully saturated rings. The van der Waals surface area contributed by atoms with E-state index in [2.05, 4.69) is 28.9 Å². The van der Waals surface area contributed by atoms with Crippen molar-refractivity contribution in [2.24, 2.45) is 0 Å². The number of para-hydroxylation sites is 1. The number of methoxy groups -OCH3 is 1. The van der Waals surface area contributed by atoms with Crippen molar-refractivity contribution >= 4 is 11.7 Å². The van der Waals surface area contributed by atoms with Crippen molar-refractivity contribution in [1.82, 2.24) is 19.8 Å². The third-order valence-corrected chi connectivity index (χ3v) is 7.35. The number of aromatic nitrogens is 2. The molecule has 3 aliphatic heterocycles. The van der Waals surface area contributed by atoms with Crippen LogP contribution in [0.5, 0.6) is 5.75 Å². The molecule has 0 spiro atoms. The molecule has 7 nitrogen and oxygen atoms in total. The molecule has 1 aromatic heterocycles. The number of ether oxygens (including phenoxy) is 1. The van der Waals surface area contributed by atoms with Crippen molar-refractivity contribution < 1.29 is 9.53 Å². The normalized spacial score (nSPS) is 20.8. The van der Waals surface area contributed by atoms with E-state index in [9.17, 15) is 4.79 Å². The van der Waals surface area contributed by atoms with Gasteiger partial charge in [-0.05, 0) is 64.6 Å². The van der Waals surface area contributed by atoms with Gasteiger partial charge in [-0.25, -0.2) is 9.97 Å². The highest BCUT2D eigenvalue weighted by atomic mass is 16.5. The SMILES string of the molecule is COc1ccccc1CN1CCCc2c(C)nc([C@H]3CCCN3C(=O)CN3CCCC3)nc21. The number of aryl methyl sites for hydroxylation is 1. The summed E-state index contributed by atoms with van der Waals surface area (Å²) in [5.41, 5.74) is 3.46. The highest BCUT2D eigenvalue weighted by Crippen LogP contribution is 2.35. The zero-order chi connectivity index (χ0) is 22.8. The maximum Gasteiger partial charge on any atom is 0.237 e. The highest BCUT2D eigenvalue weighted by Gasteiger charge is 2.34. The van der Waals surface area contributed by atoms with Gasteiger partial charge in [0.25, 0.3) is 0 Å². The van der Waals surface area contributed by atoms with E-state index in [0.29, 0.717) is 6.54 Å². The van der Waals surface area contributed by atoms with Crippen LogP contribution in [0.15, 0.2) is 24.3 Å². The first-order valence-corrected chi connectivity index (χ1v) is 12.4. The van der Waals surface area contributed by atoms with Gasteiger partial charge in [-0.2, -0.15) is 0 Å². The molecule has 1 amide bonds. The van der Waals surface area contributed by atoms with Gasteiger partial charge in [0.05, 0.1) is 19.7 Å². The summed E-state index contributed by atoms with van der Waals surface area (Å²) in [4.78, 5) is 29.9. The second-order valence-electron chi connectivity index (χ2n) is 9.53.